The fourth-order valence-corrected chi connectivity index (χ4v) is 1.92. The predicted molar refractivity (Wildman–Crippen MR) is 55.2 cm³/mol. The van der Waals surface area contributed by atoms with Gasteiger partial charge in [-0.2, -0.15) is 0 Å². The Labute approximate surface area is 83.6 Å². The normalized spacial score (nSPS) is 19.1. The van der Waals surface area contributed by atoms with Gasteiger partial charge in [-0.05, 0) is 31.3 Å². The number of H-pyrrole nitrogens is 1. The first-order valence-electron chi connectivity index (χ1n) is 5.06. The Morgan fingerprint density at radius 2 is 2.43 bits per heavy atom. The van der Waals surface area contributed by atoms with Crippen LogP contribution in [0.25, 0.3) is 0 Å². The highest BCUT2D eigenvalue weighted by molar-refractivity contribution is 5.18. The zero-order valence-electron chi connectivity index (χ0n) is 8.16. The lowest BCUT2D eigenvalue weighted by Crippen LogP contribution is -2.30. The molecule has 0 saturated heterocycles. The molecule has 0 spiro atoms. The number of aromatic amines is 1. The zero-order chi connectivity index (χ0) is 9.80. The standard InChI is InChI=1S/C10H16N4/c11-14-9(10-12-6-7-13-10)8-4-2-1-3-5-8/h4,6-7,9,14H,1-3,5,11H2,(H,12,13). The minimum Gasteiger partial charge on any atom is -0.347 e. The van der Waals surface area contributed by atoms with E-state index < -0.39 is 0 Å². The van der Waals surface area contributed by atoms with Crippen LogP contribution in [0.1, 0.15) is 37.5 Å². The second-order valence-corrected chi connectivity index (χ2v) is 3.60. The Bertz CT molecular complexity index is 302. The molecule has 0 fully saturated rings. The van der Waals surface area contributed by atoms with Crippen molar-refractivity contribution in [2.45, 2.75) is 31.7 Å². The Balaban J connectivity index is 2.16. The van der Waals surface area contributed by atoms with Crippen LogP contribution in [0.3, 0.4) is 0 Å². The van der Waals surface area contributed by atoms with E-state index in [-0.39, 0.29) is 6.04 Å². The van der Waals surface area contributed by atoms with Crippen LogP contribution in [0.15, 0.2) is 24.0 Å². The monoisotopic (exact) mass is 192 g/mol. The third kappa shape index (κ3) is 1.86. The largest absolute Gasteiger partial charge is 0.347 e. The highest BCUT2D eigenvalue weighted by Gasteiger charge is 2.18. The number of nitrogens with two attached hydrogens (primary N) is 1. The maximum absolute atomic E-state index is 5.54. The molecule has 0 radical (unpaired) electrons. The number of aromatic nitrogens is 2. The third-order valence-corrected chi connectivity index (χ3v) is 2.66. The molecule has 1 aliphatic rings. The summed E-state index contributed by atoms with van der Waals surface area (Å²) in [5.74, 6) is 6.45. The van der Waals surface area contributed by atoms with Crippen molar-refractivity contribution in [3.8, 4) is 0 Å². The number of allylic oxidation sites excluding steroid dienone is 1. The van der Waals surface area contributed by atoms with E-state index in [2.05, 4.69) is 21.5 Å². The van der Waals surface area contributed by atoms with Crippen LogP contribution in [0.4, 0.5) is 0 Å². The fraction of sp³-hybridized carbons (Fsp3) is 0.500. The average molecular weight is 192 g/mol. The Hall–Kier alpha value is -1.13. The first kappa shape index (κ1) is 9.43. The number of hydrazine groups is 1. The summed E-state index contributed by atoms with van der Waals surface area (Å²) in [4.78, 5) is 7.31. The number of nitrogens with zero attached hydrogens (tertiary/aromatic N) is 1. The molecular weight excluding hydrogens is 176 g/mol. The molecule has 4 N–H and O–H groups in total. The third-order valence-electron chi connectivity index (χ3n) is 2.66. The van der Waals surface area contributed by atoms with E-state index in [4.69, 9.17) is 5.84 Å². The molecule has 0 aromatic carbocycles. The molecule has 14 heavy (non-hydrogen) atoms. The van der Waals surface area contributed by atoms with Gasteiger partial charge >= 0.3 is 0 Å². The topological polar surface area (TPSA) is 66.7 Å². The molecule has 76 valence electrons. The van der Waals surface area contributed by atoms with Gasteiger partial charge in [-0.1, -0.05) is 6.08 Å². The summed E-state index contributed by atoms with van der Waals surface area (Å²) in [6, 6.07) is 0.0605. The maximum atomic E-state index is 5.54. The molecule has 1 aromatic rings. The molecule has 0 aliphatic heterocycles. The van der Waals surface area contributed by atoms with Crippen LogP contribution in [0, 0.1) is 0 Å². The lowest BCUT2D eigenvalue weighted by Gasteiger charge is -2.20. The van der Waals surface area contributed by atoms with E-state index in [1.165, 1.54) is 18.4 Å². The van der Waals surface area contributed by atoms with Gasteiger partial charge in [-0.25, -0.2) is 10.4 Å². The van der Waals surface area contributed by atoms with Crippen molar-refractivity contribution < 1.29 is 0 Å². The van der Waals surface area contributed by atoms with Crippen molar-refractivity contribution in [1.29, 1.82) is 0 Å². The van der Waals surface area contributed by atoms with Crippen molar-refractivity contribution in [2.24, 2.45) is 5.84 Å². The molecule has 4 nitrogen and oxygen atoms in total. The molecule has 0 bridgehead atoms. The van der Waals surface area contributed by atoms with Gasteiger partial charge in [0.05, 0.1) is 6.04 Å². The Kier molecular flexibility index (Phi) is 2.96. The smallest absolute Gasteiger partial charge is 0.128 e. The summed E-state index contributed by atoms with van der Waals surface area (Å²) in [5.41, 5.74) is 4.17. The summed E-state index contributed by atoms with van der Waals surface area (Å²) in [7, 11) is 0. The van der Waals surface area contributed by atoms with Gasteiger partial charge in [0.15, 0.2) is 0 Å². The van der Waals surface area contributed by atoms with Crippen LogP contribution in [-0.4, -0.2) is 9.97 Å². The van der Waals surface area contributed by atoms with Crippen LogP contribution < -0.4 is 11.3 Å². The van der Waals surface area contributed by atoms with Gasteiger partial charge < -0.3 is 4.98 Å². The van der Waals surface area contributed by atoms with Gasteiger partial charge in [0.25, 0.3) is 0 Å². The van der Waals surface area contributed by atoms with Gasteiger partial charge in [-0.15, -0.1) is 0 Å². The van der Waals surface area contributed by atoms with E-state index in [1.807, 2.05) is 6.20 Å². The van der Waals surface area contributed by atoms with Crippen molar-refractivity contribution >= 4 is 0 Å². The molecule has 1 unspecified atom stereocenters. The van der Waals surface area contributed by atoms with Crippen molar-refractivity contribution in [1.82, 2.24) is 15.4 Å². The number of nitrogens with one attached hydrogen (secondary N) is 2. The second-order valence-electron chi connectivity index (χ2n) is 3.60. The highest BCUT2D eigenvalue weighted by Crippen LogP contribution is 2.27. The first-order chi connectivity index (χ1) is 6.92. The van der Waals surface area contributed by atoms with Crippen molar-refractivity contribution in [2.75, 3.05) is 0 Å². The van der Waals surface area contributed by atoms with Crippen molar-refractivity contribution in [3.05, 3.63) is 29.9 Å². The lowest BCUT2D eigenvalue weighted by atomic mass is 9.94. The summed E-state index contributed by atoms with van der Waals surface area (Å²) in [6.45, 7) is 0. The Morgan fingerprint density at radius 1 is 1.50 bits per heavy atom. The molecule has 1 atom stereocenters. The van der Waals surface area contributed by atoms with E-state index >= 15 is 0 Å². The van der Waals surface area contributed by atoms with E-state index in [0.717, 1.165) is 18.7 Å². The van der Waals surface area contributed by atoms with E-state index in [1.54, 1.807) is 6.20 Å². The summed E-state index contributed by atoms with van der Waals surface area (Å²) in [5, 5.41) is 0. The maximum Gasteiger partial charge on any atom is 0.128 e. The van der Waals surface area contributed by atoms with Gasteiger partial charge in [0.1, 0.15) is 5.82 Å². The molecular formula is C10H16N4. The minimum absolute atomic E-state index is 0.0605. The number of hydrogen-bond donors (Lipinski definition) is 3. The summed E-state index contributed by atoms with van der Waals surface area (Å²) < 4.78 is 0. The average Bonchev–Trinajstić information content (AvgIpc) is 2.74. The number of imidazole rings is 1. The predicted octanol–water partition coefficient (Wildman–Crippen LogP) is 1.41. The van der Waals surface area contributed by atoms with Crippen molar-refractivity contribution in [3.63, 3.8) is 0 Å². The molecule has 4 heteroatoms. The highest BCUT2D eigenvalue weighted by atomic mass is 15.2. The van der Waals surface area contributed by atoms with Crippen LogP contribution in [-0.2, 0) is 0 Å². The number of hydrogen-bond acceptors (Lipinski definition) is 3. The van der Waals surface area contributed by atoms with Gasteiger partial charge in [0, 0.05) is 12.4 Å². The van der Waals surface area contributed by atoms with E-state index in [9.17, 15) is 0 Å². The van der Waals surface area contributed by atoms with Crippen LogP contribution in [0.5, 0.6) is 0 Å². The zero-order valence-corrected chi connectivity index (χ0v) is 8.16. The molecule has 1 heterocycles. The first-order valence-corrected chi connectivity index (χ1v) is 5.06. The van der Waals surface area contributed by atoms with Gasteiger partial charge in [-0.3, -0.25) is 5.84 Å². The van der Waals surface area contributed by atoms with Gasteiger partial charge in [0.2, 0.25) is 0 Å². The Morgan fingerprint density at radius 3 is 3.00 bits per heavy atom. The molecule has 0 saturated carbocycles. The summed E-state index contributed by atoms with van der Waals surface area (Å²) in [6.07, 6.45) is 10.7. The summed E-state index contributed by atoms with van der Waals surface area (Å²) >= 11 is 0. The van der Waals surface area contributed by atoms with Crippen LogP contribution in [0.2, 0.25) is 0 Å². The number of rotatable bonds is 3. The van der Waals surface area contributed by atoms with Crippen LogP contribution >= 0.6 is 0 Å². The molecule has 1 aliphatic carbocycles. The molecule has 0 amide bonds. The fourth-order valence-electron chi connectivity index (χ4n) is 1.92. The minimum atomic E-state index is 0.0605. The molecule has 1 aromatic heterocycles. The quantitative estimate of drug-likeness (QED) is 0.385. The van der Waals surface area contributed by atoms with E-state index in [0.29, 0.717) is 0 Å². The lowest BCUT2D eigenvalue weighted by molar-refractivity contribution is 0.547. The molecule has 2 rings (SSSR count). The SMILES string of the molecule is NNC(C1=CCCCC1)c1ncc[nH]1. The second kappa shape index (κ2) is 4.39.